The highest BCUT2D eigenvalue weighted by Crippen LogP contribution is 2.32. The summed E-state index contributed by atoms with van der Waals surface area (Å²) in [5, 5.41) is 0. The molecule has 104 valence electrons. The topological polar surface area (TPSA) is 55.6 Å². The minimum Gasteiger partial charge on any atom is -0.383 e. The Morgan fingerprint density at radius 3 is 2.53 bits per heavy atom. The molecular weight excluding hydrogens is 240 g/mol. The van der Waals surface area contributed by atoms with Crippen molar-refractivity contribution < 1.29 is 9.53 Å². The first-order valence-electron chi connectivity index (χ1n) is 6.65. The number of hydrogen-bond acceptors (Lipinski definition) is 3. The van der Waals surface area contributed by atoms with E-state index in [1.54, 1.807) is 7.11 Å². The second kappa shape index (κ2) is 5.72. The van der Waals surface area contributed by atoms with E-state index < -0.39 is 0 Å². The maximum absolute atomic E-state index is 12.0. The third-order valence-corrected chi connectivity index (χ3v) is 3.59. The van der Waals surface area contributed by atoms with Gasteiger partial charge in [-0.05, 0) is 19.4 Å². The van der Waals surface area contributed by atoms with Gasteiger partial charge in [0.15, 0.2) is 0 Å². The molecule has 1 saturated heterocycles. The van der Waals surface area contributed by atoms with E-state index >= 15 is 0 Å². The highest BCUT2D eigenvalue weighted by atomic mass is 16.5. The van der Waals surface area contributed by atoms with Gasteiger partial charge in [-0.3, -0.25) is 4.79 Å². The van der Waals surface area contributed by atoms with Crippen LogP contribution >= 0.6 is 0 Å². The van der Waals surface area contributed by atoms with E-state index in [0.717, 1.165) is 5.56 Å². The third-order valence-electron chi connectivity index (χ3n) is 3.59. The van der Waals surface area contributed by atoms with Crippen LogP contribution in [0.3, 0.4) is 0 Å². The summed E-state index contributed by atoms with van der Waals surface area (Å²) in [4.78, 5) is 13.9. The fourth-order valence-electron chi connectivity index (χ4n) is 2.88. The van der Waals surface area contributed by atoms with Gasteiger partial charge in [0, 0.05) is 26.1 Å². The molecule has 19 heavy (non-hydrogen) atoms. The first-order chi connectivity index (χ1) is 9.02. The number of carbonyl (C=O) groups is 1. The molecule has 2 atom stereocenters. The molecule has 0 radical (unpaired) electrons. The van der Waals surface area contributed by atoms with Crippen molar-refractivity contribution in [3.8, 4) is 0 Å². The second-order valence-corrected chi connectivity index (χ2v) is 5.31. The van der Waals surface area contributed by atoms with Gasteiger partial charge in [-0.25, -0.2) is 0 Å². The number of aryl methyl sites for hydroxylation is 2. The molecule has 0 bridgehead atoms. The van der Waals surface area contributed by atoms with E-state index in [1.165, 1.54) is 11.1 Å². The summed E-state index contributed by atoms with van der Waals surface area (Å²) in [5.74, 6) is 0.119. The fourth-order valence-corrected chi connectivity index (χ4v) is 2.88. The Kier molecular flexibility index (Phi) is 4.22. The Labute approximate surface area is 114 Å². The SMILES string of the molecule is COCCN1C(=O)CC(N)C1c1cc(C)cc(C)c1. The van der Waals surface area contributed by atoms with Crippen molar-refractivity contribution in [3.63, 3.8) is 0 Å². The standard InChI is InChI=1S/C15H22N2O2/c1-10-6-11(2)8-12(7-10)15-13(16)9-14(18)17(15)4-5-19-3/h6-8,13,15H,4-5,9,16H2,1-3H3. The third kappa shape index (κ3) is 2.96. The van der Waals surface area contributed by atoms with Crippen molar-refractivity contribution >= 4 is 5.91 Å². The van der Waals surface area contributed by atoms with Crippen LogP contribution in [0.2, 0.25) is 0 Å². The largest absolute Gasteiger partial charge is 0.383 e. The average Bonchev–Trinajstić information content (AvgIpc) is 2.59. The van der Waals surface area contributed by atoms with E-state index in [-0.39, 0.29) is 18.0 Å². The van der Waals surface area contributed by atoms with Crippen molar-refractivity contribution in [1.82, 2.24) is 4.90 Å². The lowest BCUT2D eigenvalue weighted by Crippen LogP contribution is -2.35. The monoisotopic (exact) mass is 262 g/mol. The Balaban J connectivity index is 2.30. The van der Waals surface area contributed by atoms with Gasteiger partial charge in [0.2, 0.25) is 5.91 Å². The van der Waals surface area contributed by atoms with Crippen LogP contribution in [0.15, 0.2) is 18.2 Å². The number of hydrogen-bond donors (Lipinski definition) is 1. The molecule has 1 aromatic carbocycles. The van der Waals surface area contributed by atoms with Gasteiger partial charge in [-0.2, -0.15) is 0 Å². The molecule has 4 nitrogen and oxygen atoms in total. The molecule has 1 aromatic rings. The van der Waals surface area contributed by atoms with E-state index in [1.807, 2.05) is 4.90 Å². The number of methoxy groups -OCH3 is 1. The van der Waals surface area contributed by atoms with E-state index in [4.69, 9.17) is 10.5 Å². The molecule has 1 fully saturated rings. The van der Waals surface area contributed by atoms with Crippen molar-refractivity contribution in [1.29, 1.82) is 0 Å². The molecule has 2 N–H and O–H groups in total. The summed E-state index contributed by atoms with van der Waals surface area (Å²) >= 11 is 0. The summed E-state index contributed by atoms with van der Waals surface area (Å²) in [6, 6.07) is 6.21. The van der Waals surface area contributed by atoms with Crippen LogP contribution in [0.5, 0.6) is 0 Å². The molecule has 0 spiro atoms. The number of amides is 1. The average molecular weight is 262 g/mol. The summed E-state index contributed by atoms with van der Waals surface area (Å²) in [6.07, 6.45) is 0.418. The minimum absolute atomic E-state index is 0.0266. The zero-order valence-electron chi connectivity index (χ0n) is 11.8. The molecule has 2 rings (SSSR count). The van der Waals surface area contributed by atoms with Crippen LogP contribution in [0.1, 0.15) is 29.2 Å². The van der Waals surface area contributed by atoms with Crippen LogP contribution in [0.4, 0.5) is 0 Å². The first kappa shape index (κ1) is 14.0. The summed E-state index contributed by atoms with van der Waals surface area (Å²) in [7, 11) is 1.65. The lowest BCUT2D eigenvalue weighted by Gasteiger charge is -2.27. The van der Waals surface area contributed by atoms with Gasteiger partial charge >= 0.3 is 0 Å². The number of benzene rings is 1. The molecule has 0 aromatic heterocycles. The Bertz CT molecular complexity index is 453. The zero-order chi connectivity index (χ0) is 14.0. The molecule has 1 amide bonds. The van der Waals surface area contributed by atoms with E-state index in [2.05, 4.69) is 32.0 Å². The number of nitrogens with two attached hydrogens (primary N) is 1. The molecule has 0 aliphatic carbocycles. The van der Waals surface area contributed by atoms with Gasteiger partial charge in [-0.1, -0.05) is 29.3 Å². The normalized spacial score (nSPS) is 23.2. The highest BCUT2D eigenvalue weighted by molar-refractivity contribution is 5.80. The maximum atomic E-state index is 12.0. The number of rotatable bonds is 4. The van der Waals surface area contributed by atoms with Crippen molar-refractivity contribution in [3.05, 3.63) is 34.9 Å². The van der Waals surface area contributed by atoms with E-state index in [9.17, 15) is 4.79 Å². The first-order valence-corrected chi connectivity index (χ1v) is 6.65. The van der Waals surface area contributed by atoms with E-state index in [0.29, 0.717) is 19.6 Å². The molecule has 4 heteroatoms. The van der Waals surface area contributed by atoms with Gasteiger partial charge < -0.3 is 15.4 Å². The predicted octanol–water partition coefficient (Wildman–Crippen LogP) is 1.55. The van der Waals surface area contributed by atoms with Crippen LogP contribution in [-0.2, 0) is 9.53 Å². The molecule has 1 aliphatic rings. The minimum atomic E-state index is -0.134. The molecular formula is C15H22N2O2. The van der Waals surface area contributed by atoms with Crippen LogP contribution in [0, 0.1) is 13.8 Å². The van der Waals surface area contributed by atoms with Crippen molar-refractivity contribution in [2.75, 3.05) is 20.3 Å². The molecule has 2 unspecified atom stereocenters. The van der Waals surface area contributed by atoms with Gasteiger partial charge in [0.1, 0.15) is 0 Å². The molecule has 1 aliphatic heterocycles. The highest BCUT2D eigenvalue weighted by Gasteiger charge is 2.38. The number of carbonyl (C=O) groups excluding carboxylic acids is 1. The predicted molar refractivity (Wildman–Crippen MR) is 74.8 cm³/mol. The Morgan fingerprint density at radius 1 is 1.32 bits per heavy atom. The lowest BCUT2D eigenvalue weighted by atomic mass is 9.97. The zero-order valence-corrected chi connectivity index (χ0v) is 11.8. The van der Waals surface area contributed by atoms with Crippen LogP contribution in [-0.4, -0.2) is 37.1 Å². The van der Waals surface area contributed by atoms with Gasteiger partial charge in [-0.15, -0.1) is 0 Å². The summed E-state index contributed by atoms with van der Waals surface area (Å²) < 4.78 is 5.08. The summed E-state index contributed by atoms with van der Waals surface area (Å²) in [5.41, 5.74) is 9.70. The van der Waals surface area contributed by atoms with Gasteiger partial charge in [0.25, 0.3) is 0 Å². The smallest absolute Gasteiger partial charge is 0.224 e. The number of nitrogens with zero attached hydrogens (tertiary/aromatic N) is 1. The van der Waals surface area contributed by atoms with Crippen LogP contribution in [0.25, 0.3) is 0 Å². The quantitative estimate of drug-likeness (QED) is 0.895. The second-order valence-electron chi connectivity index (χ2n) is 5.31. The Morgan fingerprint density at radius 2 is 1.95 bits per heavy atom. The molecule has 0 saturated carbocycles. The number of ether oxygens (including phenoxy) is 1. The summed E-state index contributed by atoms with van der Waals surface area (Å²) in [6.45, 7) is 5.27. The van der Waals surface area contributed by atoms with Crippen molar-refractivity contribution in [2.24, 2.45) is 5.73 Å². The molecule has 1 heterocycles. The van der Waals surface area contributed by atoms with Crippen molar-refractivity contribution in [2.45, 2.75) is 32.4 Å². The fraction of sp³-hybridized carbons (Fsp3) is 0.533. The number of likely N-dealkylation sites (tertiary alicyclic amines) is 1. The maximum Gasteiger partial charge on any atom is 0.224 e. The Hall–Kier alpha value is -1.39. The lowest BCUT2D eigenvalue weighted by molar-refractivity contribution is -0.129. The van der Waals surface area contributed by atoms with Gasteiger partial charge in [0.05, 0.1) is 12.6 Å². The van der Waals surface area contributed by atoms with Crippen LogP contribution < -0.4 is 5.73 Å².